The van der Waals surface area contributed by atoms with E-state index in [-0.39, 0.29) is 18.1 Å². The average Bonchev–Trinajstić information content (AvgIpc) is 2.94. The summed E-state index contributed by atoms with van der Waals surface area (Å²) >= 11 is 3.21. The molecule has 3 aromatic rings. The number of benzene rings is 2. The molecule has 4 nitrogen and oxygen atoms in total. The van der Waals surface area contributed by atoms with E-state index in [0.29, 0.717) is 22.1 Å². The van der Waals surface area contributed by atoms with Crippen molar-refractivity contribution in [3.63, 3.8) is 0 Å². The van der Waals surface area contributed by atoms with Gasteiger partial charge in [-0.3, -0.25) is 9.89 Å². The summed E-state index contributed by atoms with van der Waals surface area (Å²) in [5, 5.41) is 10.5. The zero-order valence-electron chi connectivity index (χ0n) is 11.6. The van der Waals surface area contributed by atoms with Crippen molar-refractivity contribution in [1.82, 2.24) is 10.2 Å². The lowest BCUT2D eigenvalue weighted by Crippen LogP contribution is -2.12. The Hall–Kier alpha value is -2.21. The number of rotatable bonds is 4. The summed E-state index contributed by atoms with van der Waals surface area (Å²) in [7, 11) is 0. The molecule has 112 valence electrons. The lowest BCUT2D eigenvalue weighted by molar-refractivity contribution is -0.116. The second kappa shape index (κ2) is 6.27. The summed E-state index contributed by atoms with van der Waals surface area (Å²) in [5.41, 5.74) is 2.15. The highest BCUT2D eigenvalue weighted by Gasteiger charge is 2.08. The molecule has 1 heterocycles. The van der Waals surface area contributed by atoms with Crippen LogP contribution in [0.4, 0.5) is 10.1 Å². The number of amides is 1. The van der Waals surface area contributed by atoms with Gasteiger partial charge >= 0.3 is 0 Å². The quantitative estimate of drug-likeness (QED) is 0.736. The van der Waals surface area contributed by atoms with Crippen LogP contribution in [0.3, 0.4) is 0 Å². The Labute approximate surface area is 134 Å². The van der Waals surface area contributed by atoms with Crippen molar-refractivity contribution < 1.29 is 9.18 Å². The highest BCUT2D eigenvalue weighted by atomic mass is 79.9. The molecule has 1 amide bonds. The second-order valence-electron chi connectivity index (χ2n) is 4.96. The number of H-pyrrole nitrogens is 1. The summed E-state index contributed by atoms with van der Waals surface area (Å²) in [6.07, 6.45) is 2.28. The van der Waals surface area contributed by atoms with Crippen molar-refractivity contribution in [3.8, 4) is 0 Å². The van der Waals surface area contributed by atoms with Crippen LogP contribution in [0.5, 0.6) is 0 Å². The topological polar surface area (TPSA) is 57.8 Å². The van der Waals surface area contributed by atoms with Gasteiger partial charge < -0.3 is 5.32 Å². The van der Waals surface area contributed by atoms with Gasteiger partial charge in [-0.1, -0.05) is 22.0 Å². The lowest BCUT2D eigenvalue weighted by Gasteiger charge is -2.06. The first kappa shape index (κ1) is 14.7. The zero-order valence-corrected chi connectivity index (χ0v) is 13.2. The number of carbonyl (C=O) groups excluding carboxylic acids is 1. The number of hydrogen-bond donors (Lipinski definition) is 2. The van der Waals surface area contributed by atoms with Crippen molar-refractivity contribution in [2.75, 3.05) is 5.32 Å². The van der Waals surface area contributed by atoms with E-state index in [4.69, 9.17) is 0 Å². The molecule has 22 heavy (non-hydrogen) atoms. The fourth-order valence-electron chi connectivity index (χ4n) is 2.22. The molecule has 0 aliphatic heterocycles. The van der Waals surface area contributed by atoms with Gasteiger partial charge in [-0.25, -0.2) is 4.39 Å². The van der Waals surface area contributed by atoms with Crippen LogP contribution in [0.15, 0.2) is 47.1 Å². The van der Waals surface area contributed by atoms with E-state index in [2.05, 4.69) is 31.4 Å². The zero-order chi connectivity index (χ0) is 15.5. The number of hydrogen-bond acceptors (Lipinski definition) is 2. The van der Waals surface area contributed by atoms with Gasteiger partial charge in [0, 0.05) is 22.0 Å². The minimum atomic E-state index is -0.304. The third kappa shape index (κ3) is 3.33. The molecule has 2 N–H and O–H groups in total. The maximum absolute atomic E-state index is 13.7. The molecule has 0 spiro atoms. The Morgan fingerprint density at radius 3 is 2.95 bits per heavy atom. The highest BCUT2D eigenvalue weighted by Crippen LogP contribution is 2.18. The van der Waals surface area contributed by atoms with Crippen molar-refractivity contribution in [3.05, 3.63) is 58.4 Å². The van der Waals surface area contributed by atoms with Crippen LogP contribution in [-0.4, -0.2) is 16.1 Å². The number of aromatic amines is 1. The molecule has 0 radical (unpaired) electrons. The summed E-state index contributed by atoms with van der Waals surface area (Å²) in [4.78, 5) is 12.0. The van der Waals surface area contributed by atoms with Gasteiger partial charge in [0.1, 0.15) is 5.82 Å². The summed E-state index contributed by atoms with van der Waals surface area (Å²) in [6, 6.07) is 10.4. The number of aromatic nitrogens is 2. The predicted molar refractivity (Wildman–Crippen MR) is 87.1 cm³/mol. The first-order valence-electron chi connectivity index (χ1n) is 6.79. The molecule has 6 heteroatoms. The van der Waals surface area contributed by atoms with Crippen LogP contribution in [0.1, 0.15) is 12.0 Å². The standard InChI is InChI=1S/C16H13BrFN3O/c17-12-3-1-10(14(18)8-12)2-6-16(22)20-13-4-5-15-11(7-13)9-19-21-15/h1,3-5,7-9H,2,6H2,(H,19,21)(H,20,22). The number of aryl methyl sites for hydroxylation is 1. The molecule has 0 aliphatic carbocycles. The Morgan fingerprint density at radius 2 is 2.14 bits per heavy atom. The number of nitrogens with one attached hydrogen (secondary N) is 2. The molecule has 0 bridgehead atoms. The predicted octanol–water partition coefficient (Wildman–Crippen LogP) is 4.04. The average molecular weight is 362 g/mol. The van der Waals surface area contributed by atoms with Crippen LogP contribution in [-0.2, 0) is 11.2 Å². The van der Waals surface area contributed by atoms with Crippen LogP contribution in [0.25, 0.3) is 10.9 Å². The minimum Gasteiger partial charge on any atom is -0.326 e. The Morgan fingerprint density at radius 1 is 1.27 bits per heavy atom. The second-order valence-corrected chi connectivity index (χ2v) is 5.87. The number of fused-ring (bicyclic) bond motifs is 1. The lowest BCUT2D eigenvalue weighted by atomic mass is 10.1. The van der Waals surface area contributed by atoms with E-state index in [9.17, 15) is 9.18 Å². The van der Waals surface area contributed by atoms with Crippen molar-refractivity contribution in [1.29, 1.82) is 0 Å². The first-order chi connectivity index (χ1) is 10.6. The number of halogens is 2. The van der Waals surface area contributed by atoms with Crippen molar-refractivity contribution in [2.24, 2.45) is 0 Å². The van der Waals surface area contributed by atoms with Crippen LogP contribution >= 0.6 is 15.9 Å². The molecule has 0 unspecified atom stereocenters. The maximum Gasteiger partial charge on any atom is 0.224 e. The normalized spacial score (nSPS) is 10.8. The Bertz CT molecular complexity index is 831. The number of nitrogens with zero attached hydrogens (tertiary/aromatic N) is 1. The van der Waals surface area contributed by atoms with E-state index >= 15 is 0 Å². The van der Waals surface area contributed by atoms with Gasteiger partial charge in [0.15, 0.2) is 0 Å². The fourth-order valence-corrected chi connectivity index (χ4v) is 2.55. The highest BCUT2D eigenvalue weighted by molar-refractivity contribution is 9.10. The van der Waals surface area contributed by atoms with Gasteiger partial charge in [-0.05, 0) is 42.3 Å². The van der Waals surface area contributed by atoms with Gasteiger partial charge in [0.05, 0.1) is 11.7 Å². The SMILES string of the molecule is O=C(CCc1ccc(Br)cc1F)Nc1ccc2[nH]ncc2c1. The largest absolute Gasteiger partial charge is 0.326 e. The molecule has 2 aromatic carbocycles. The first-order valence-corrected chi connectivity index (χ1v) is 7.58. The summed E-state index contributed by atoms with van der Waals surface area (Å²) in [6.45, 7) is 0. The molecule has 0 saturated carbocycles. The number of carbonyl (C=O) groups is 1. The van der Waals surface area contributed by atoms with Gasteiger partial charge in [-0.15, -0.1) is 0 Å². The summed E-state index contributed by atoms with van der Waals surface area (Å²) < 4.78 is 14.4. The number of anilines is 1. The molecule has 1 aromatic heterocycles. The fraction of sp³-hybridized carbons (Fsp3) is 0.125. The molecule has 0 fully saturated rings. The van der Waals surface area contributed by atoms with Gasteiger partial charge in [0.2, 0.25) is 5.91 Å². The Kier molecular flexibility index (Phi) is 4.20. The summed E-state index contributed by atoms with van der Waals surface area (Å²) in [5.74, 6) is -0.452. The van der Waals surface area contributed by atoms with E-state index in [1.807, 2.05) is 12.1 Å². The molecular formula is C16H13BrFN3O. The van der Waals surface area contributed by atoms with Crippen molar-refractivity contribution in [2.45, 2.75) is 12.8 Å². The molecule has 3 rings (SSSR count). The third-order valence-electron chi connectivity index (χ3n) is 3.36. The van der Waals surface area contributed by atoms with Crippen LogP contribution < -0.4 is 5.32 Å². The maximum atomic E-state index is 13.7. The molecule has 0 aliphatic rings. The van der Waals surface area contributed by atoms with Gasteiger partial charge in [0.25, 0.3) is 0 Å². The monoisotopic (exact) mass is 361 g/mol. The van der Waals surface area contributed by atoms with E-state index in [1.54, 1.807) is 24.4 Å². The van der Waals surface area contributed by atoms with E-state index in [0.717, 1.165) is 10.9 Å². The third-order valence-corrected chi connectivity index (χ3v) is 3.85. The van der Waals surface area contributed by atoms with E-state index in [1.165, 1.54) is 6.07 Å². The molecule has 0 atom stereocenters. The smallest absolute Gasteiger partial charge is 0.224 e. The molecular weight excluding hydrogens is 349 g/mol. The van der Waals surface area contributed by atoms with E-state index < -0.39 is 0 Å². The molecule has 0 saturated heterocycles. The minimum absolute atomic E-state index is 0.148. The van der Waals surface area contributed by atoms with Crippen molar-refractivity contribution >= 4 is 38.4 Å². The Balaban J connectivity index is 1.62. The van der Waals surface area contributed by atoms with Crippen LogP contribution in [0, 0.1) is 5.82 Å². The van der Waals surface area contributed by atoms with Crippen LogP contribution in [0.2, 0.25) is 0 Å². The van der Waals surface area contributed by atoms with Gasteiger partial charge in [-0.2, -0.15) is 5.10 Å².